The lowest BCUT2D eigenvalue weighted by Crippen LogP contribution is -2.38. The highest BCUT2D eigenvalue weighted by molar-refractivity contribution is 5.14. The molecule has 0 unspecified atom stereocenters. The predicted octanol–water partition coefficient (Wildman–Crippen LogP) is 2.88. The molecule has 0 aliphatic heterocycles. The quantitative estimate of drug-likeness (QED) is 0.786. The minimum Gasteiger partial charge on any atom is -0.330 e. The lowest BCUT2D eigenvalue weighted by atomic mass is 9.93. The topological polar surface area (TPSA) is 29.3 Å². The van der Waals surface area contributed by atoms with E-state index in [-0.39, 0.29) is 5.41 Å². The minimum absolute atomic E-state index is 0.198. The molecule has 0 heterocycles. The van der Waals surface area contributed by atoms with Gasteiger partial charge < -0.3 is 5.73 Å². The van der Waals surface area contributed by atoms with Crippen molar-refractivity contribution in [2.24, 2.45) is 11.1 Å². The zero-order valence-corrected chi connectivity index (χ0v) is 11.4. The van der Waals surface area contributed by atoms with Crippen molar-refractivity contribution < 1.29 is 0 Å². The Hall–Kier alpha value is -0.860. The van der Waals surface area contributed by atoms with E-state index in [1.54, 1.807) is 0 Å². The third-order valence-electron chi connectivity index (χ3n) is 2.99. The smallest absolute Gasteiger partial charge is 0.0233 e. The molecule has 0 radical (unpaired) electrons. The summed E-state index contributed by atoms with van der Waals surface area (Å²) in [7, 11) is 0. The first-order valence-electron chi connectivity index (χ1n) is 6.54. The van der Waals surface area contributed by atoms with Crippen molar-refractivity contribution in [3.05, 3.63) is 35.9 Å². The summed E-state index contributed by atoms with van der Waals surface area (Å²) in [5, 5.41) is 0. The van der Waals surface area contributed by atoms with Crippen LogP contribution in [0.5, 0.6) is 0 Å². The van der Waals surface area contributed by atoms with Crippen molar-refractivity contribution in [3.63, 3.8) is 0 Å². The first kappa shape index (κ1) is 14.2. The summed E-state index contributed by atoms with van der Waals surface area (Å²) < 4.78 is 0. The first-order chi connectivity index (χ1) is 8.07. The number of hydrogen-bond donors (Lipinski definition) is 1. The van der Waals surface area contributed by atoms with Gasteiger partial charge in [0.05, 0.1) is 0 Å². The fourth-order valence-corrected chi connectivity index (χ4v) is 2.04. The van der Waals surface area contributed by atoms with E-state index < -0.39 is 0 Å². The molecule has 1 rings (SSSR count). The molecule has 0 bridgehead atoms. The van der Waals surface area contributed by atoms with Crippen LogP contribution in [-0.4, -0.2) is 24.5 Å². The van der Waals surface area contributed by atoms with Crippen molar-refractivity contribution in [1.29, 1.82) is 0 Å². The van der Waals surface area contributed by atoms with Crippen LogP contribution in [0.4, 0.5) is 0 Å². The molecule has 1 aromatic carbocycles. The maximum absolute atomic E-state index is 5.82. The summed E-state index contributed by atoms with van der Waals surface area (Å²) in [5.74, 6) is 0. The van der Waals surface area contributed by atoms with E-state index >= 15 is 0 Å². The van der Waals surface area contributed by atoms with Crippen LogP contribution in [0.25, 0.3) is 0 Å². The third-order valence-corrected chi connectivity index (χ3v) is 2.99. The van der Waals surface area contributed by atoms with Crippen LogP contribution in [0.2, 0.25) is 0 Å². The fraction of sp³-hybridized carbons (Fsp3) is 0.600. The van der Waals surface area contributed by atoms with E-state index in [4.69, 9.17) is 5.73 Å². The highest BCUT2D eigenvalue weighted by Gasteiger charge is 2.19. The number of nitrogens with two attached hydrogens (primary N) is 1. The molecule has 0 fully saturated rings. The van der Waals surface area contributed by atoms with Gasteiger partial charge in [0.1, 0.15) is 0 Å². The lowest BCUT2D eigenvalue weighted by molar-refractivity contribution is 0.176. The van der Waals surface area contributed by atoms with Gasteiger partial charge in [-0.3, -0.25) is 4.90 Å². The average Bonchev–Trinajstić information content (AvgIpc) is 2.30. The van der Waals surface area contributed by atoms with Crippen molar-refractivity contribution >= 4 is 0 Å². The lowest BCUT2D eigenvalue weighted by Gasteiger charge is -2.31. The highest BCUT2D eigenvalue weighted by atomic mass is 15.1. The van der Waals surface area contributed by atoms with Crippen LogP contribution in [0, 0.1) is 5.41 Å². The molecule has 0 spiro atoms. The largest absolute Gasteiger partial charge is 0.330 e. The molecule has 2 N–H and O–H groups in total. The van der Waals surface area contributed by atoms with Crippen LogP contribution in [0.1, 0.15) is 32.8 Å². The molecule has 0 atom stereocenters. The Balaban J connectivity index is 2.60. The van der Waals surface area contributed by atoms with Crippen molar-refractivity contribution in [2.45, 2.75) is 33.7 Å². The van der Waals surface area contributed by atoms with Gasteiger partial charge in [0.25, 0.3) is 0 Å². The Labute approximate surface area is 106 Å². The summed E-state index contributed by atoms with van der Waals surface area (Å²) in [4.78, 5) is 2.50. The second kappa shape index (κ2) is 6.77. The monoisotopic (exact) mass is 234 g/mol. The molecule has 17 heavy (non-hydrogen) atoms. The molecular formula is C15H26N2. The molecule has 0 saturated heterocycles. The van der Waals surface area contributed by atoms with Gasteiger partial charge in [0, 0.05) is 13.1 Å². The van der Waals surface area contributed by atoms with Crippen LogP contribution < -0.4 is 5.73 Å². The number of benzene rings is 1. The zero-order valence-electron chi connectivity index (χ0n) is 11.4. The molecular weight excluding hydrogens is 208 g/mol. The Bertz CT molecular complexity index is 306. The van der Waals surface area contributed by atoms with Gasteiger partial charge in [-0.15, -0.1) is 0 Å². The van der Waals surface area contributed by atoms with E-state index in [0.717, 1.165) is 26.2 Å². The summed E-state index contributed by atoms with van der Waals surface area (Å²) >= 11 is 0. The fourth-order valence-electron chi connectivity index (χ4n) is 2.04. The van der Waals surface area contributed by atoms with E-state index in [1.165, 1.54) is 12.0 Å². The number of nitrogens with zero attached hydrogens (tertiary/aromatic N) is 1. The van der Waals surface area contributed by atoms with Gasteiger partial charge in [-0.1, -0.05) is 51.1 Å². The summed E-state index contributed by atoms with van der Waals surface area (Å²) in [6, 6.07) is 10.7. The van der Waals surface area contributed by atoms with Crippen LogP contribution in [0.3, 0.4) is 0 Å². The van der Waals surface area contributed by atoms with Crippen molar-refractivity contribution in [3.8, 4) is 0 Å². The Kier molecular flexibility index (Phi) is 5.66. The second-order valence-corrected chi connectivity index (χ2v) is 5.56. The first-order valence-corrected chi connectivity index (χ1v) is 6.54. The molecule has 0 saturated carbocycles. The molecule has 1 aromatic rings. The van der Waals surface area contributed by atoms with Crippen LogP contribution in [-0.2, 0) is 6.54 Å². The molecule has 0 aliphatic carbocycles. The van der Waals surface area contributed by atoms with Gasteiger partial charge in [-0.05, 0) is 30.5 Å². The third kappa shape index (κ3) is 5.33. The molecule has 0 amide bonds. The second-order valence-electron chi connectivity index (χ2n) is 5.56. The van der Waals surface area contributed by atoms with E-state index in [0.29, 0.717) is 0 Å². The minimum atomic E-state index is 0.198. The SMILES string of the molecule is CCCN(Cc1ccccc1)CC(C)(C)CN. The number of rotatable bonds is 7. The standard InChI is InChI=1S/C15H26N2/c1-4-10-17(13-15(2,3)12-16)11-14-8-6-5-7-9-14/h5-9H,4,10-13,16H2,1-3H3. The van der Waals surface area contributed by atoms with Gasteiger partial charge in [0.15, 0.2) is 0 Å². The molecule has 0 aromatic heterocycles. The zero-order chi connectivity index (χ0) is 12.7. The molecule has 96 valence electrons. The Morgan fingerprint density at radius 3 is 2.35 bits per heavy atom. The van der Waals surface area contributed by atoms with Gasteiger partial charge in [0.2, 0.25) is 0 Å². The van der Waals surface area contributed by atoms with Crippen LogP contribution >= 0.6 is 0 Å². The maximum atomic E-state index is 5.82. The molecule has 0 aliphatic rings. The normalized spacial score (nSPS) is 12.1. The van der Waals surface area contributed by atoms with E-state index in [2.05, 4.69) is 56.0 Å². The molecule has 2 nitrogen and oxygen atoms in total. The van der Waals surface area contributed by atoms with Gasteiger partial charge in [-0.25, -0.2) is 0 Å². The Morgan fingerprint density at radius 2 is 1.82 bits per heavy atom. The Morgan fingerprint density at radius 1 is 1.18 bits per heavy atom. The van der Waals surface area contributed by atoms with Gasteiger partial charge in [-0.2, -0.15) is 0 Å². The summed E-state index contributed by atoms with van der Waals surface area (Å²) in [5.41, 5.74) is 7.40. The van der Waals surface area contributed by atoms with Crippen molar-refractivity contribution in [1.82, 2.24) is 4.90 Å². The van der Waals surface area contributed by atoms with Crippen molar-refractivity contribution in [2.75, 3.05) is 19.6 Å². The summed E-state index contributed by atoms with van der Waals surface area (Å²) in [6.45, 7) is 10.7. The average molecular weight is 234 g/mol. The van der Waals surface area contributed by atoms with E-state index in [9.17, 15) is 0 Å². The van der Waals surface area contributed by atoms with E-state index in [1.807, 2.05) is 0 Å². The van der Waals surface area contributed by atoms with Gasteiger partial charge >= 0.3 is 0 Å². The van der Waals surface area contributed by atoms with Crippen LogP contribution in [0.15, 0.2) is 30.3 Å². The summed E-state index contributed by atoms with van der Waals surface area (Å²) in [6.07, 6.45) is 1.19. The maximum Gasteiger partial charge on any atom is 0.0233 e. The molecule has 2 heteroatoms. The number of hydrogen-bond acceptors (Lipinski definition) is 2. The highest BCUT2D eigenvalue weighted by Crippen LogP contribution is 2.17. The predicted molar refractivity (Wildman–Crippen MR) is 74.8 cm³/mol.